The van der Waals surface area contributed by atoms with Gasteiger partial charge in [-0.3, -0.25) is 24.6 Å². The Bertz CT molecular complexity index is 883. The average Bonchev–Trinajstić information content (AvgIpc) is 2.69. The van der Waals surface area contributed by atoms with Gasteiger partial charge in [0.25, 0.3) is 5.69 Å². The number of rotatable bonds is 9. The minimum absolute atomic E-state index is 0.0168. The van der Waals surface area contributed by atoms with Gasteiger partial charge in [0.05, 0.1) is 25.1 Å². The second kappa shape index (κ2) is 10.2. The summed E-state index contributed by atoms with van der Waals surface area (Å²) in [5.74, 6) is 0.147. The highest BCUT2D eigenvalue weighted by atomic mass is 16.6. The van der Waals surface area contributed by atoms with Crippen molar-refractivity contribution in [3.8, 4) is 5.75 Å². The van der Waals surface area contributed by atoms with Crippen LogP contribution in [0.2, 0.25) is 0 Å². The summed E-state index contributed by atoms with van der Waals surface area (Å²) >= 11 is 0. The Morgan fingerprint density at radius 1 is 1.07 bits per heavy atom. The maximum absolute atomic E-state index is 12.3. The first-order chi connectivity index (χ1) is 13.8. The number of nitro benzene ring substituents is 1. The lowest BCUT2D eigenvalue weighted by atomic mass is 10.2. The van der Waals surface area contributed by atoms with E-state index in [1.165, 1.54) is 18.2 Å². The van der Waals surface area contributed by atoms with Crippen molar-refractivity contribution in [2.45, 2.75) is 13.8 Å². The number of nitrogens with zero attached hydrogens (tertiary/aromatic N) is 2. The van der Waals surface area contributed by atoms with Crippen molar-refractivity contribution in [1.29, 1.82) is 0 Å². The van der Waals surface area contributed by atoms with Gasteiger partial charge in [-0.1, -0.05) is 6.92 Å². The van der Waals surface area contributed by atoms with Crippen LogP contribution in [0.15, 0.2) is 42.5 Å². The highest BCUT2D eigenvalue weighted by Gasteiger charge is 2.15. The normalized spacial score (nSPS) is 10.5. The third kappa shape index (κ3) is 6.58. The zero-order chi connectivity index (χ0) is 21.4. The Morgan fingerprint density at radius 3 is 2.21 bits per heavy atom. The molecule has 2 aromatic rings. The van der Waals surface area contributed by atoms with Crippen molar-refractivity contribution in [3.63, 3.8) is 0 Å². The van der Waals surface area contributed by atoms with Crippen molar-refractivity contribution in [2.24, 2.45) is 0 Å². The summed E-state index contributed by atoms with van der Waals surface area (Å²) in [7, 11) is 1.57. The van der Waals surface area contributed by atoms with Gasteiger partial charge >= 0.3 is 0 Å². The standard InChI is InChI=1S/C20H24N4O5/c1-4-23(12-19(25)21-15-5-8-17(29-3)9-6-15)13-20(26)22-18-10-7-16(24(27)28)11-14(18)2/h5-11H,4,12-13H2,1-3H3,(H,21,25)(H,22,26). The number of amides is 2. The number of nitro groups is 1. The van der Waals surface area contributed by atoms with Gasteiger partial charge in [0.15, 0.2) is 0 Å². The molecule has 29 heavy (non-hydrogen) atoms. The molecular formula is C20H24N4O5. The number of methoxy groups -OCH3 is 1. The van der Waals surface area contributed by atoms with E-state index in [1.54, 1.807) is 43.2 Å². The van der Waals surface area contributed by atoms with Crippen LogP contribution in [-0.4, -0.2) is 48.4 Å². The molecule has 2 aromatic carbocycles. The molecule has 0 saturated heterocycles. The van der Waals surface area contributed by atoms with Crippen molar-refractivity contribution in [3.05, 3.63) is 58.1 Å². The number of anilines is 2. The van der Waals surface area contributed by atoms with Gasteiger partial charge in [-0.2, -0.15) is 0 Å². The maximum atomic E-state index is 12.3. The Balaban J connectivity index is 1.90. The molecule has 154 valence electrons. The fourth-order valence-electron chi connectivity index (χ4n) is 2.65. The lowest BCUT2D eigenvalue weighted by Gasteiger charge is -2.19. The SMILES string of the molecule is CCN(CC(=O)Nc1ccc(OC)cc1)CC(=O)Nc1ccc([N+](=O)[O-])cc1C. The second-order valence-corrected chi connectivity index (χ2v) is 6.38. The van der Waals surface area contributed by atoms with Gasteiger partial charge in [0, 0.05) is 23.5 Å². The van der Waals surface area contributed by atoms with Crippen LogP contribution in [0.4, 0.5) is 17.1 Å². The first-order valence-corrected chi connectivity index (χ1v) is 9.03. The summed E-state index contributed by atoms with van der Waals surface area (Å²) < 4.78 is 5.08. The first-order valence-electron chi connectivity index (χ1n) is 9.03. The van der Waals surface area contributed by atoms with Crippen LogP contribution in [0.1, 0.15) is 12.5 Å². The highest BCUT2D eigenvalue weighted by Crippen LogP contribution is 2.21. The number of ether oxygens (including phenoxy) is 1. The number of hydrogen-bond acceptors (Lipinski definition) is 6. The van der Waals surface area contributed by atoms with Crippen LogP contribution in [0.25, 0.3) is 0 Å². The summed E-state index contributed by atoms with van der Waals surface area (Å²) in [6.07, 6.45) is 0. The van der Waals surface area contributed by atoms with Crippen LogP contribution in [-0.2, 0) is 9.59 Å². The number of nitrogens with one attached hydrogen (secondary N) is 2. The van der Waals surface area contributed by atoms with Crippen LogP contribution in [0.3, 0.4) is 0 Å². The van der Waals surface area contributed by atoms with Gasteiger partial charge in [-0.15, -0.1) is 0 Å². The lowest BCUT2D eigenvalue weighted by molar-refractivity contribution is -0.384. The molecule has 0 bridgehead atoms. The smallest absolute Gasteiger partial charge is 0.269 e. The third-order valence-corrected chi connectivity index (χ3v) is 4.25. The molecular weight excluding hydrogens is 376 g/mol. The van der Waals surface area contributed by atoms with Crippen molar-refractivity contribution >= 4 is 28.9 Å². The number of benzene rings is 2. The van der Waals surface area contributed by atoms with Crippen molar-refractivity contribution in [2.75, 3.05) is 37.4 Å². The van der Waals surface area contributed by atoms with Gasteiger partial charge in [0.2, 0.25) is 11.8 Å². The molecule has 0 aliphatic carbocycles. The van der Waals surface area contributed by atoms with E-state index < -0.39 is 4.92 Å². The Labute approximate surface area is 168 Å². The average molecular weight is 400 g/mol. The first kappa shape index (κ1) is 21.8. The van der Waals surface area contributed by atoms with E-state index in [0.717, 1.165) is 0 Å². The van der Waals surface area contributed by atoms with E-state index in [2.05, 4.69) is 10.6 Å². The molecule has 0 spiro atoms. The highest BCUT2D eigenvalue weighted by molar-refractivity contribution is 5.95. The number of likely N-dealkylation sites (N-methyl/N-ethyl adjacent to an activating group) is 1. The van der Waals surface area contributed by atoms with Gasteiger partial charge in [-0.25, -0.2) is 0 Å². The van der Waals surface area contributed by atoms with E-state index in [9.17, 15) is 19.7 Å². The molecule has 2 rings (SSSR count). The summed E-state index contributed by atoms with van der Waals surface area (Å²) in [5, 5.41) is 16.3. The molecule has 2 N–H and O–H groups in total. The summed E-state index contributed by atoms with van der Waals surface area (Å²) in [6.45, 7) is 4.11. The van der Waals surface area contributed by atoms with Crippen LogP contribution >= 0.6 is 0 Å². The van der Waals surface area contributed by atoms with E-state index in [4.69, 9.17) is 4.74 Å². The number of hydrogen-bond donors (Lipinski definition) is 2. The maximum Gasteiger partial charge on any atom is 0.269 e. The summed E-state index contributed by atoms with van der Waals surface area (Å²) in [6, 6.07) is 11.2. The van der Waals surface area contributed by atoms with Crippen LogP contribution in [0, 0.1) is 17.0 Å². The van der Waals surface area contributed by atoms with Gasteiger partial charge in [-0.05, 0) is 49.4 Å². The van der Waals surface area contributed by atoms with E-state index in [-0.39, 0.29) is 30.6 Å². The topological polar surface area (TPSA) is 114 Å². The second-order valence-electron chi connectivity index (χ2n) is 6.38. The third-order valence-electron chi connectivity index (χ3n) is 4.25. The molecule has 0 heterocycles. The zero-order valence-corrected chi connectivity index (χ0v) is 16.6. The molecule has 0 saturated carbocycles. The number of aryl methyl sites for hydroxylation is 1. The molecule has 2 amide bonds. The Hall–Kier alpha value is -3.46. The predicted octanol–water partition coefficient (Wildman–Crippen LogP) is 2.81. The zero-order valence-electron chi connectivity index (χ0n) is 16.6. The largest absolute Gasteiger partial charge is 0.497 e. The molecule has 0 atom stereocenters. The van der Waals surface area contributed by atoms with Crippen molar-refractivity contribution in [1.82, 2.24) is 4.90 Å². The van der Waals surface area contributed by atoms with Crippen LogP contribution < -0.4 is 15.4 Å². The fourth-order valence-corrected chi connectivity index (χ4v) is 2.65. The minimum Gasteiger partial charge on any atom is -0.497 e. The Kier molecular flexibility index (Phi) is 7.67. The fraction of sp³-hybridized carbons (Fsp3) is 0.300. The molecule has 0 radical (unpaired) electrons. The molecule has 9 nitrogen and oxygen atoms in total. The Morgan fingerprint density at radius 2 is 1.69 bits per heavy atom. The van der Waals surface area contributed by atoms with E-state index in [0.29, 0.717) is 29.2 Å². The monoisotopic (exact) mass is 400 g/mol. The van der Waals surface area contributed by atoms with Crippen molar-refractivity contribution < 1.29 is 19.2 Å². The lowest BCUT2D eigenvalue weighted by Crippen LogP contribution is -2.38. The predicted molar refractivity (Wildman–Crippen MR) is 110 cm³/mol. The number of carbonyl (C=O) groups is 2. The van der Waals surface area contributed by atoms with E-state index >= 15 is 0 Å². The number of carbonyl (C=O) groups excluding carboxylic acids is 2. The van der Waals surface area contributed by atoms with Gasteiger partial charge in [0.1, 0.15) is 5.75 Å². The summed E-state index contributed by atoms with van der Waals surface area (Å²) in [5.41, 5.74) is 1.69. The number of non-ortho nitro benzene ring substituents is 1. The minimum atomic E-state index is -0.487. The molecule has 0 unspecified atom stereocenters. The van der Waals surface area contributed by atoms with E-state index in [1.807, 2.05) is 6.92 Å². The molecule has 0 aliphatic rings. The molecule has 9 heteroatoms. The van der Waals surface area contributed by atoms with Crippen LogP contribution in [0.5, 0.6) is 5.75 Å². The molecule has 0 aliphatic heterocycles. The quantitative estimate of drug-likeness (QED) is 0.494. The molecule has 0 fully saturated rings. The molecule has 0 aromatic heterocycles. The van der Waals surface area contributed by atoms with Gasteiger partial charge < -0.3 is 15.4 Å². The summed E-state index contributed by atoms with van der Waals surface area (Å²) in [4.78, 5) is 36.6.